The SMILES string of the molecule is COCC(NC(=O)CN1CCc2ccccc2C1)c1ccccn1. The zero-order valence-electron chi connectivity index (χ0n) is 13.9. The number of methoxy groups -OCH3 is 1. The van der Waals surface area contributed by atoms with Gasteiger partial charge in [0.25, 0.3) is 0 Å². The van der Waals surface area contributed by atoms with Gasteiger partial charge in [-0.1, -0.05) is 30.3 Å². The fourth-order valence-corrected chi connectivity index (χ4v) is 3.08. The smallest absolute Gasteiger partial charge is 0.234 e. The molecule has 0 bridgehead atoms. The molecule has 1 unspecified atom stereocenters. The van der Waals surface area contributed by atoms with Gasteiger partial charge >= 0.3 is 0 Å². The Morgan fingerprint density at radius 2 is 2.04 bits per heavy atom. The van der Waals surface area contributed by atoms with Gasteiger partial charge in [-0.2, -0.15) is 0 Å². The zero-order chi connectivity index (χ0) is 16.8. The molecule has 1 atom stereocenters. The van der Waals surface area contributed by atoms with Crippen LogP contribution in [0, 0.1) is 0 Å². The summed E-state index contributed by atoms with van der Waals surface area (Å²) in [6, 6.07) is 13.9. The van der Waals surface area contributed by atoms with Crippen LogP contribution in [0.3, 0.4) is 0 Å². The number of hydrogen-bond donors (Lipinski definition) is 1. The van der Waals surface area contributed by atoms with Gasteiger partial charge in [0.05, 0.1) is 24.9 Å². The lowest BCUT2D eigenvalue weighted by atomic mass is 10.00. The second kappa shape index (κ2) is 8.04. The maximum Gasteiger partial charge on any atom is 0.234 e. The van der Waals surface area contributed by atoms with Crippen molar-refractivity contribution in [2.75, 3.05) is 26.8 Å². The molecule has 24 heavy (non-hydrogen) atoms. The zero-order valence-corrected chi connectivity index (χ0v) is 13.9. The Labute approximate surface area is 142 Å². The molecule has 0 saturated carbocycles. The van der Waals surface area contributed by atoms with Crippen LogP contribution in [0.5, 0.6) is 0 Å². The van der Waals surface area contributed by atoms with Gasteiger partial charge in [0.2, 0.25) is 5.91 Å². The Morgan fingerprint density at radius 1 is 1.25 bits per heavy atom. The highest BCUT2D eigenvalue weighted by molar-refractivity contribution is 5.78. The number of rotatable bonds is 6. The van der Waals surface area contributed by atoms with Crippen molar-refractivity contribution in [3.63, 3.8) is 0 Å². The molecule has 1 aliphatic heterocycles. The lowest BCUT2D eigenvalue weighted by molar-refractivity contribution is -0.123. The number of hydrogen-bond acceptors (Lipinski definition) is 4. The van der Waals surface area contributed by atoms with Gasteiger partial charge < -0.3 is 10.1 Å². The monoisotopic (exact) mass is 325 g/mol. The third kappa shape index (κ3) is 4.19. The van der Waals surface area contributed by atoms with E-state index in [1.54, 1.807) is 13.3 Å². The van der Waals surface area contributed by atoms with Crippen LogP contribution in [0.2, 0.25) is 0 Å². The van der Waals surface area contributed by atoms with E-state index in [0.717, 1.165) is 25.2 Å². The van der Waals surface area contributed by atoms with Gasteiger partial charge in [0.1, 0.15) is 0 Å². The summed E-state index contributed by atoms with van der Waals surface area (Å²) in [5, 5.41) is 3.04. The summed E-state index contributed by atoms with van der Waals surface area (Å²) in [6.45, 7) is 2.53. The first-order valence-electron chi connectivity index (χ1n) is 8.24. The normalized spacial score (nSPS) is 15.5. The highest BCUT2D eigenvalue weighted by Gasteiger charge is 2.20. The molecule has 1 N–H and O–H groups in total. The quantitative estimate of drug-likeness (QED) is 0.882. The minimum absolute atomic E-state index is 0.00193. The number of benzene rings is 1. The Kier molecular flexibility index (Phi) is 5.56. The molecule has 0 radical (unpaired) electrons. The lowest BCUT2D eigenvalue weighted by Gasteiger charge is -2.28. The summed E-state index contributed by atoms with van der Waals surface area (Å²) < 4.78 is 5.23. The summed E-state index contributed by atoms with van der Waals surface area (Å²) in [7, 11) is 1.63. The standard InChI is InChI=1S/C19H23N3O2/c1-24-14-18(17-8-4-5-10-20-17)21-19(23)13-22-11-9-15-6-2-3-7-16(15)12-22/h2-8,10,18H,9,11-14H2,1H3,(H,21,23). The predicted molar refractivity (Wildman–Crippen MR) is 92.4 cm³/mol. The Hall–Kier alpha value is -2.24. The number of pyridine rings is 1. The van der Waals surface area contributed by atoms with E-state index in [9.17, 15) is 4.79 Å². The fraction of sp³-hybridized carbons (Fsp3) is 0.368. The largest absolute Gasteiger partial charge is 0.382 e. The van der Waals surface area contributed by atoms with E-state index in [1.807, 2.05) is 18.2 Å². The van der Waals surface area contributed by atoms with Gasteiger partial charge in [-0.15, -0.1) is 0 Å². The molecular weight excluding hydrogens is 302 g/mol. The lowest BCUT2D eigenvalue weighted by Crippen LogP contribution is -2.42. The van der Waals surface area contributed by atoms with E-state index in [1.165, 1.54) is 11.1 Å². The summed E-state index contributed by atoms with van der Waals surface area (Å²) in [5.74, 6) is 0.00193. The molecule has 5 heteroatoms. The Bertz CT molecular complexity index is 675. The van der Waals surface area contributed by atoms with Crippen LogP contribution in [0.15, 0.2) is 48.7 Å². The molecule has 0 spiro atoms. The molecule has 126 valence electrons. The van der Waals surface area contributed by atoms with Crippen LogP contribution in [-0.2, 0) is 22.5 Å². The summed E-state index contributed by atoms with van der Waals surface area (Å²) in [6.07, 6.45) is 2.72. The van der Waals surface area contributed by atoms with Crippen LogP contribution in [0.1, 0.15) is 22.9 Å². The van der Waals surface area contributed by atoms with Gasteiger partial charge in [0, 0.05) is 26.4 Å². The maximum atomic E-state index is 12.4. The molecule has 3 rings (SSSR count). The Morgan fingerprint density at radius 3 is 2.79 bits per heavy atom. The highest BCUT2D eigenvalue weighted by Crippen LogP contribution is 2.18. The van der Waals surface area contributed by atoms with Crippen molar-refractivity contribution in [2.45, 2.75) is 19.0 Å². The van der Waals surface area contributed by atoms with Crippen molar-refractivity contribution in [1.82, 2.24) is 15.2 Å². The summed E-state index contributed by atoms with van der Waals surface area (Å²) in [4.78, 5) is 18.9. The van der Waals surface area contributed by atoms with Crippen LogP contribution in [0.4, 0.5) is 0 Å². The molecule has 0 saturated heterocycles. The first-order valence-corrected chi connectivity index (χ1v) is 8.24. The van der Waals surface area contributed by atoms with E-state index in [0.29, 0.717) is 13.2 Å². The first-order chi connectivity index (χ1) is 11.8. The van der Waals surface area contributed by atoms with Crippen LogP contribution < -0.4 is 5.32 Å². The number of carbonyl (C=O) groups is 1. The van der Waals surface area contributed by atoms with Crippen molar-refractivity contribution in [2.24, 2.45) is 0 Å². The average Bonchev–Trinajstić information content (AvgIpc) is 2.62. The van der Waals surface area contributed by atoms with E-state index in [2.05, 4.69) is 39.5 Å². The van der Waals surface area contributed by atoms with Crippen LogP contribution in [-0.4, -0.2) is 42.6 Å². The second-order valence-corrected chi connectivity index (χ2v) is 6.06. The third-order valence-corrected chi connectivity index (χ3v) is 4.29. The van der Waals surface area contributed by atoms with Gasteiger partial charge in [-0.25, -0.2) is 0 Å². The number of carbonyl (C=O) groups excluding carboxylic acids is 1. The van der Waals surface area contributed by atoms with Crippen molar-refractivity contribution in [3.05, 3.63) is 65.5 Å². The number of nitrogens with zero attached hydrogens (tertiary/aromatic N) is 2. The van der Waals surface area contributed by atoms with E-state index in [4.69, 9.17) is 4.74 Å². The molecule has 1 aliphatic rings. The van der Waals surface area contributed by atoms with Gasteiger partial charge in [0.15, 0.2) is 0 Å². The van der Waals surface area contributed by atoms with Crippen molar-refractivity contribution < 1.29 is 9.53 Å². The molecule has 0 aliphatic carbocycles. The summed E-state index contributed by atoms with van der Waals surface area (Å²) in [5.41, 5.74) is 3.52. The van der Waals surface area contributed by atoms with Crippen molar-refractivity contribution >= 4 is 5.91 Å². The molecular formula is C19H23N3O2. The number of nitrogens with one attached hydrogen (secondary N) is 1. The van der Waals surface area contributed by atoms with Crippen LogP contribution in [0.25, 0.3) is 0 Å². The average molecular weight is 325 g/mol. The maximum absolute atomic E-state index is 12.4. The third-order valence-electron chi connectivity index (χ3n) is 4.29. The molecule has 2 heterocycles. The Balaban J connectivity index is 1.58. The second-order valence-electron chi connectivity index (χ2n) is 6.06. The number of fused-ring (bicyclic) bond motifs is 1. The predicted octanol–water partition coefficient (Wildman–Crippen LogP) is 1.94. The van der Waals surface area contributed by atoms with Crippen molar-refractivity contribution in [3.8, 4) is 0 Å². The van der Waals surface area contributed by atoms with Crippen LogP contribution >= 0.6 is 0 Å². The number of amides is 1. The van der Waals surface area contributed by atoms with Crippen molar-refractivity contribution in [1.29, 1.82) is 0 Å². The van der Waals surface area contributed by atoms with Gasteiger partial charge in [-0.3, -0.25) is 14.7 Å². The van der Waals surface area contributed by atoms with Gasteiger partial charge in [-0.05, 0) is 29.7 Å². The van der Waals surface area contributed by atoms with E-state index >= 15 is 0 Å². The topological polar surface area (TPSA) is 54.5 Å². The van der Waals surface area contributed by atoms with E-state index in [-0.39, 0.29) is 11.9 Å². The fourth-order valence-electron chi connectivity index (χ4n) is 3.08. The van der Waals surface area contributed by atoms with E-state index < -0.39 is 0 Å². The summed E-state index contributed by atoms with van der Waals surface area (Å²) >= 11 is 0. The first kappa shape index (κ1) is 16.6. The minimum atomic E-state index is -0.222. The number of ether oxygens (including phenoxy) is 1. The molecule has 1 aromatic heterocycles. The molecule has 0 fully saturated rings. The molecule has 1 aromatic carbocycles. The highest BCUT2D eigenvalue weighted by atomic mass is 16.5. The number of aromatic nitrogens is 1. The molecule has 1 amide bonds. The molecule has 2 aromatic rings. The molecule has 5 nitrogen and oxygen atoms in total. The minimum Gasteiger partial charge on any atom is -0.382 e.